The zero-order valence-corrected chi connectivity index (χ0v) is 18.8. The molecule has 0 aliphatic carbocycles. The molecular weight excluding hydrogens is 459 g/mol. The highest BCUT2D eigenvalue weighted by Gasteiger charge is 2.14. The number of amides is 2. The fraction of sp³-hybridized carbons (Fsp3) is 0.0833. The molecule has 172 valence electrons. The summed E-state index contributed by atoms with van der Waals surface area (Å²) in [5.41, 5.74) is 1.54. The molecule has 0 radical (unpaired) electrons. The monoisotopic (exact) mass is 478 g/mol. The second kappa shape index (κ2) is 10.5. The summed E-state index contributed by atoms with van der Waals surface area (Å²) in [4.78, 5) is 24.7. The first-order valence-corrected chi connectivity index (χ1v) is 10.9. The lowest BCUT2D eigenvalue weighted by molar-refractivity contribution is 0.101. The lowest BCUT2D eigenvalue weighted by Gasteiger charge is -2.08. The lowest BCUT2D eigenvalue weighted by atomic mass is 10.2. The van der Waals surface area contributed by atoms with Gasteiger partial charge in [-0.15, -0.1) is 10.2 Å². The highest BCUT2D eigenvalue weighted by Crippen LogP contribution is 2.20. The molecule has 4 aromatic rings. The molecule has 8 nitrogen and oxygen atoms in total. The molecule has 0 aliphatic heterocycles. The topological polar surface area (TPSA) is 102 Å². The van der Waals surface area contributed by atoms with Crippen LogP contribution < -0.4 is 20.1 Å². The number of nitrogens with zero attached hydrogens (tertiary/aromatic N) is 2. The molecule has 0 spiro atoms. The third-order valence-corrected chi connectivity index (χ3v) is 5.47. The molecule has 2 amide bonds. The van der Waals surface area contributed by atoms with Crippen molar-refractivity contribution < 1.29 is 23.5 Å². The quantitative estimate of drug-likeness (QED) is 0.378. The van der Waals surface area contributed by atoms with Gasteiger partial charge in [-0.05, 0) is 60.7 Å². The smallest absolute Gasteiger partial charge is 0.286 e. The molecule has 10 heteroatoms. The van der Waals surface area contributed by atoms with Gasteiger partial charge in [-0.1, -0.05) is 17.4 Å². The molecule has 0 saturated heterocycles. The van der Waals surface area contributed by atoms with Crippen LogP contribution in [0.5, 0.6) is 11.5 Å². The highest BCUT2D eigenvalue weighted by molar-refractivity contribution is 7.13. The van der Waals surface area contributed by atoms with Crippen LogP contribution in [0.15, 0.2) is 72.8 Å². The second-order valence-corrected chi connectivity index (χ2v) is 8.02. The van der Waals surface area contributed by atoms with E-state index in [0.29, 0.717) is 33.4 Å². The minimum Gasteiger partial charge on any atom is -0.497 e. The van der Waals surface area contributed by atoms with E-state index in [1.807, 2.05) is 0 Å². The van der Waals surface area contributed by atoms with Gasteiger partial charge in [0.25, 0.3) is 11.8 Å². The van der Waals surface area contributed by atoms with Crippen molar-refractivity contribution in [3.05, 3.63) is 94.2 Å². The Morgan fingerprint density at radius 2 is 1.62 bits per heavy atom. The summed E-state index contributed by atoms with van der Waals surface area (Å²) in [6.07, 6.45) is 0. The summed E-state index contributed by atoms with van der Waals surface area (Å²) < 4.78 is 23.8. The maximum Gasteiger partial charge on any atom is 0.286 e. The van der Waals surface area contributed by atoms with Crippen LogP contribution in [0.3, 0.4) is 0 Å². The number of hydrogen-bond donors (Lipinski definition) is 2. The van der Waals surface area contributed by atoms with Gasteiger partial charge < -0.3 is 20.1 Å². The Hall–Kier alpha value is -4.31. The molecule has 3 aromatic carbocycles. The predicted molar refractivity (Wildman–Crippen MR) is 126 cm³/mol. The highest BCUT2D eigenvalue weighted by atomic mass is 32.1. The number of ether oxygens (including phenoxy) is 2. The summed E-state index contributed by atoms with van der Waals surface area (Å²) >= 11 is 1.09. The van der Waals surface area contributed by atoms with E-state index in [4.69, 9.17) is 9.47 Å². The standard InChI is InChI=1S/C24H19FN4O4S/c1-32-20-4-2-3-18(13-20)27-22(30)15-5-11-19(12-6-15)33-14-21-28-29-24(34-21)23(31)26-17-9-7-16(25)8-10-17/h2-13H,14H2,1H3,(H,26,31)(H,27,30). The number of halogens is 1. The molecule has 0 fully saturated rings. The van der Waals surface area contributed by atoms with Gasteiger partial charge in [0.15, 0.2) is 5.01 Å². The Bertz CT molecular complexity index is 1290. The van der Waals surface area contributed by atoms with Crippen LogP contribution in [-0.4, -0.2) is 29.1 Å². The first-order valence-electron chi connectivity index (χ1n) is 10.1. The van der Waals surface area contributed by atoms with Crippen molar-refractivity contribution in [2.24, 2.45) is 0 Å². The van der Waals surface area contributed by atoms with Crippen LogP contribution >= 0.6 is 11.3 Å². The number of carbonyl (C=O) groups is 2. The normalized spacial score (nSPS) is 10.4. The summed E-state index contributed by atoms with van der Waals surface area (Å²) in [5, 5.41) is 13.9. The van der Waals surface area contributed by atoms with E-state index in [-0.39, 0.29) is 23.3 Å². The van der Waals surface area contributed by atoms with E-state index in [0.717, 1.165) is 11.3 Å². The maximum absolute atomic E-state index is 13.0. The first kappa shape index (κ1) is 22.9. The Kier molecular flexibility index (Phi) is 7.09. The largest absolute Gasteiger partial charge is 0.497 e. The zero-order valence-electron chi connectivity index (χ0n) is 17.9. The summed E-state index contributed by atoms with van der Waals surface area (Å²) in [5.74, 6) is 0.0844. The molecule has 0 unspecified atom stereocenters. The lowest BCUT2D eigenvalue weighted by Crippen LogP contribution is -2.11. The molecule has 2 N–H and O–H groups in total. The maximum atomic E-state index is 13.0. The molecule has 0 bridgehead atoms. The molecule has 4 rings (SSSR count). The van der Waals surface area contributed by atoms with Gasteiger partial charge in [0.05, 0.1) is 7.11 Å². The average molecular weight is 479 g/mol. The van der Waals surface area contributed by atoms with Gasteiger partial charge in [0.2, 0.25) is 5.01 Å². The van der Waals surface area contributed by atoms with Crippen LogP contribution in [0.4, 0.5) is 15.8 Å². The molecular formula is C24H19FN4O4S. The molecule has 1 aromatic heterocycles. The van der Waals surface area contributed by atoms with Crippen LogP contribution in [0, 0.1) is 5.82 Å². The van der Waals surface area contributed by atoms with Gasteiger partial charge in [-0.2, -0.15) is 0 Å². The first-order chi connectivity index (χ1) is 16.5. The fourth-order valence-electron chi connectivity index (χ4n) is 2.87. The van der Waals surface area contributed by atoms with Crippen molar-refractivity contribution >= 4 is 34.5 Å². The zero-order chi connectivity index (χ0) is 23.9. The number of carbonyl (C=O) groups excluding carboxylic acids is 2. The van der Waals surface area contributed by atoms with E-state index < -0.39 is 5.91 Å². The van der Waals surface area contributed by atoms with E-state index in [1.165, 1.54) is 24.3 Å². The van der Waals surface area contributed by atoms with Crippen LogP contribution in [-0.2, 0) is 6.61 Å². The third-order valence-electron chi connectivity index (χ3n) is 4.57. The van der Waals surface area contributed by atoms with Gasteiger partial charge in [0.1, 0.15) is 23.9 Å². The summed E-state index contributed by atoms with van der Waals surface area (Å²) in [6, 6.07) is 19.1. The number of hydrogen-bond acceptors (Lipinski definition) is 7. The van der Waals surface area contributed by atoms with Crippen molar-refractivity contribution in [1.82, 2.24) is 10.2 Å². The van der Waals surface area contributed by atoms with Crippen molar-refractivity contribution in [3.63, 3.8) is 0 Å². The van der Waals surface area contributed by atoms with Gasteiger partial charge in [-0.25, -0.2) is 4.39 Å². The third kappa shape index (κ3) is 5.93. The number of aromatic nitrogens is 2. The van der Waals surface area contributed by atoms with Gasteiger partial charge >= 0.3 is 0 Å². The van der Waals surface area contributed by atoms with E-state index in [1.54, 1.807) is 55.6 Å². The predicted octanol–water partition coefficient (Wildman–Crippen LogP) is 4.77. The summed E-state index contributed by atoms with van der Waals surface area (Å²) in [7, 11) is 1.56. The Balaban J connectivity index is 1.30. The van der Waals surface area contributed by atoms with E-state index >= 15 is 0 Å². The number of anilines is 2. The number of methoxy groups -OCH3 is 1. The van der Waals surface area contributed by atoms with Gasteiger partial charge in [0, 0.05) is 23.0 Å². The van der Waals surface area contributed by atoms with E-state index in [9.17, 15) is 14.0 Å². The van der Waals surface area contributed by atoms with Crippen LogP contribution in [0.1, 0.15) is 25.2 Å². The van der Waals surface area contributed by atoms with Crippen molar-refractivity contribution in [2.75, 3.05) is 17.7 Å². The second-order valence-electron chi connectivity index (χ2n) is 6.96. The Labute approximate surface area is 198 Å². The molecule has 34 heavy (non-hydrogen) atoms. The van der Waals surface area contributed by atoms with Crippen molar-refractivity contribution in [3.8, 4) is 11.5 Å². The number of rotatable bonds is 8. The molecule has 1 heterocycles. The molecule has 0 saturated carbocycles. The van der Waals surface area contributed by atoms with Crippen molar-refractivity contribution in [1.29, 1.82) is 0 Å². The minimum atomic E-state index is -0.443. The molecule has 0 aliphatic rings. The number of benzene rings is 3. The van der Waals surface area contributed by atoms with Gasteiger partial charge in [-0.3, -0.25) is 9.59 Å². The van der Waals surface area contributed by atoms with E-state index in [2.05, 4.69) is 20.8 Å². The Morgan fingerprint density at radius 1 is 0.882 bits per heavy atom. The van der Waals surface area contributed by atoms with Crippen molar-refractivity contribution in [2.45, 2.75) is 6.61 Å². The number of nitrogens with one attached hydrogen (secondary N) is 2. The van der Waals surface area contributed by atoms with Crippen LogP contribution in [0.25, 0.3) is 0 Å². The SMILES string of the molecule is COc1cccc(NC(=O)c2ccc(OCc3nnc(C(=O)Nc4ccc(F)cc4)s3)cc2)c1. The fourth-order valence-corrected chi connectivity index (χ4v) is 3.52. The minimum absolute atomic E-state index is 0.108. The Morgan fingerprint density at radius 3 is 2.35 bits per heavy atom. The average Bonchev–Trinajstić information content (AvgIpc) is 3.34. The van der Waals surface area contributed by atoms with Crippen LogP contribution in [0.2, 0.25) is 0 Å². The molecule has 0 atom stereocenters. The summed E-state index contributed by atoms with van der Waals surface area (Å²) in [6.45, 7) is 0.108.